The number of benzene rings is 2. The molecular formula is C17H20O3S. The second-order valence-electron chi connectivity index (χ2n) is 4.89. The quantitative estimate of drug-likeness (QED) is 0.815. The fourth-order valence-electron chi connectivity index (χ4n) is 1.97. The van der Waals surface area contributed by atoms with E-state index in [0.29, 0.717) is 12.4 Å². The Morgan fingerprint density at radius 3 is 2.14 bits per heavy atom. The summed E-state index contributed by atoms with van der Waals surface area (Å²) in [5.41, 5.74) is 2.09. The molecule has 112 valence electrons. The zero-order chi connectivity index (χ0) is 14.9. The minimum Gasteiger partial charge on any atom is -0.390 e. The molecule has 0 bridgehead atoms. The van der Waals surface area contributed by atoms with E-state index in [0.717, 1.165) is 11.1 Å². The van der Waals surface area contributed by atoms with Crippen molar-refractivity contribution in [2.24, 2.45) is 0 Å². The second-order valence-corrected chi connectivity index (χ2v) is 6.39. The molecule has 0 aliphatic rings. The molecule has 21 heavy (non-hydrogen) atoms. The second kappa shape index (κ2) is 8.72. The molecule has 0 amide bonds. The number of aliphatic hydroxyl groups is 1. The molecule has 0 fully saturated rings. The molecule has 0 aromatic heterocycles. The van der Waals surface area contributed by atoms with Crippen molar-refractivity contribution in [3.8, 4) is 0 Å². The van der Waals surface area contributed by atoms with Gasteiger partial charge in [0.05, 0.1) is 25.1 Å². The first kappa shape index (κ1) is 15.9. The van der Waals surface area contributed by atoms with Crippen LogP contribution in [0.2, 0.25) is 0 Å². The van der Waals surface area contributed by atoms with Gasteiger partial charge in [-0.2, -0.15) is 0 Å². The summed E-state index contributed by atoms with van der Waals surface area (Å²) in [5, 5.41) is 9.86. The molecule has 0 aliphatic carbocycles. The molecule has 0 saturated heterocycles. The van der Waals surface area contributed by atoms with Crippen LogP contribution in [-0.2, 0) is 27.9 Å². The van der Waals surface area contributed by atoms with Crippen LogP contribution in [0.4, 0.5) is 0 Å². The van der Waals surface area contributed by atoms with Gasteiger partial charge in [-0.3, -0.25) is 4.21 Å². The largest absolute Gasteiger partial charge is 0.390 e. The Morgan fingerprint density at radius 1 is 0.952 bits per heavy atom. The van der Waals surface area contributed by atoms with Crippen molar-refractivity contribution >= 4 is 10.8 Å². The van der Waals surface area contributed by atoms with Gasteiger partial charge in [0.1, 0.15) is 0 Å². The third kappa shape index (κ3) is 6.21. The standard InChI is InChI=1S/C17H20O3S/c18-17(12-20-11-15-7-3-1-4-8-15)14-21(19)13-16-9-5-2-6-10-16/h1-10,17-18H,11-14H2/t17-,21-/m1/s1. The Kier molecular flexibility index (Phi) is 6.60. The highest BCUT2D eigenvalue weighted by molar-refractivity contribution is 7.84. The van der Waals surface area contributed by atoms with Crippen LogP contribution < -0.4 is 0 Å². The fourth-order valence-corrected chi connectivity index (χ4v) is 3.18. The summed E-state index contributed by atoms with van der Waals surface area (Å²) in [7, 11) is -1.08. The van der Waals surface area contributed by atoms with Crippen molar-refractivity contribution in [1.82, 2.24) is 0 Å². The molecule has 0 radical (unpaired) electrons. The minimum absolute atomic E-state index is 0.204. The summed E-state index contributed by atoms with van der Waals surface area (Å²) >= 11 is 0. The van der Waals surface area contributed by atoms with Gasteiger partial charge in [-0.1, -0.05) is 60.7 Å². The van der Waals surface area contributed by atoms with E-state index in [1.807, 2.05) is 60.7 Å². The summed E-state index contributed by atoms with van der Waals surface area (Å²) in [5.74, 6) is 0.709. The van der Waals surface area contributed by atoms with E-state index in [4.69, 9.17) is 4.74 Å². The molecule has 2 aromatic rings. The van der Waals surface area contributed by atoms with Crippen LogP contribution in [0.3, 0.4) is 0 Å². The van der Waals surface area contributed by atoms with Crippen molar-refractivity contribution in [3.05, 3.63) is 71.8 Å². The third-order valence-electron chi connectivity index (χ3n) is 2.97. The molecule has 1 N–H and O–H groups in total. The Morgan fingerprint density at radius 2 is 1.52 bits per heavy atom. The van der Waals surface area contributed by atoms with E-state index in [9.17, 15) is 9.32 Å². The molecule has 2 aromatic carbocycles. The van der Waals surface area contributed by atoms with Gasteiger partial charge in [-0.15, -0.1) is 0 Å². The lowest BCUT2D eigenvalue weighted by atomic mass is 10.2. The molecule has 3 nitrogen and oxygen atoms in total. The maximum atomic E-state index is 12.0. The van der Waals surface area contributed by atoms with Crippen molar-refractivity contribution < 1.29 is 14.1 Å². The summed E-state index contributed by atoms with van der Waals surface area (Å²) in [6, 6.07) is 19.4. The molecule has 0 aliphatic heterocycles. The van der Waals surface area contributed by atoms with Crippen LogP contribution in [0, 0.1) is 0 Å². The maximum absolute atomic E-state index is 12.0. The van der Waals surface area contributed by atoms with Crippen LogP contribution in [0.5, 0.6) is 0 Å². The highest BCUT2D eigenvalue weighted by Gasteiger charge is 2.10. The van der Waals surface area contributed by atoms with Crippen molar-refractivity contribution in [3.63, 3.8) is 0 Å². The lowest BCUT2D eigenvalue weighted by Crippen LogP contribution is -2.23. The van der Waals surface area contributed by atoms with Crippen LogP contribution in [0.25, 0.3) is 0 Å². The summed E-state index contributed by atoms with van der Waals surface area (Å²) < 4.78 is 17.4. The van der Waals surface area contributed by atoms with E-state index in [2.05, 4.69) is 0 Å². The monoisotopic (exact) mass is 304 g/mol. The van der Waals surface area contributed by atoms with E-state index < -0.39 is 16.9 Å². The van der Waals surface area contributed by atoms with Gasteiger partial charge in [-0.25, -0.2) is 0 Å². The van der Waals surface area contributed by atoms with Gasteiger partial charge in [0.2, 0.25) is 0 Å². The molecule has 0 unspecified atom stereocenters. The lowest BCUT2D eigenvalue weighted by molar-refractivity contribution is 0.0394. The molecule has 0 heterocycles. The Labute approximate surface area is 128 Å². The minimum atomic E-state index is -1.08. The number of hydrogen-bond acceptors (Lipinski definition) is 3. The van der Waals surface area contributed by atoms with Gasteiger partial charge in [0.25, 0.3) is 0 Å². The fraction of sp³-hybridized carbons (Fsp3) is 0.294. The van der Waals surface area contributed by atoms with Gasteiger partial charge in [-0.05, 0) is 11.1 Å². The molecule has 0 saturated carbocycles. The lowest BCUT2D eigenvalue weighted by Gasteiger charge is -2.11. The third-order valence-corrected chi connectivity index (χ3v) is 4.38. The van der Waals surface area contributed by atoms with E-state index in [1.54, 1.807) is 0 Å². The SMILES string of the molecule is O=[S@](Cc1ccccc1)C[C@H](O)COCc1ccccc1. The predicted molar refractivity (Wildman–Crippen MR) is 85.3 cm³/mol. The van der Waals surface area contributed by atoms with Crippen molar-refractivity contribution in [2.75, 3.05) is 12.4 Å². The summed E-state index contributed by atoms with van der Waals surface area (Å²) in [4.78, 5) is 0. The van der Waals surface area contributed by atoms with E-state index in [1.165, 1.54) is 0 Å². The molecule has 2 atom stereocenters. The highest BCUT2D eigenvalue weighted by atomic mass is 32.2. The Bertz CT molecular complexity index is 542. The van der Waals surface area contributed by atoms with Gasteiger partial charge < -0.3 is 9.84 Å². The van der Waals surface area contributed by atoms with Gasteiger partial charge in [0, 0.05) is 16.6 Å². The molecule has 4 heteroatoms. The zero-order valence-corrected chi connectivity index (χ0v) is 12.7. The normalized spacial score (nSPS) is 13.8. The molecular weight excluding hydrogens is 284 g/mol. The first-order valence-electron chi connectivity index (χ1n) is 6.92. The zero-order valence-electron chi connectivity index (χ0n) is 11.9. The van der Waals surface area contributed by atoms with Crippen molar-refractivity contribution in [2.45, 2.75) is 18.5 Å². The topological polar surface area (TPSA) is 46.5 Å². The highest BCUT2D eigenvalue weighted by Crippen LogP contribution is 2.05. The average Bonchev–Trinajstić information content (AvgIpc) is 2.49. The van der Waals surface area contributed by atoms with Crippen LogP contribution >= 0.6 is 0 Å². The van der Waals surface area contributed by atoms with Crippen molar-refractivity contribution in [1.29, 1.82) is 0 Å². The maximum Gasteiger partial charge on any atom is 0.0888 e. The van der Waals surface area contributed by atoms with Crippen LogP contribution in [0.1, 0.15) is 11.1 Å². The Hall–Kier alpha value is -1.49. The summed E-state index contributed by atoms with van der Waals surface area (Å²) in [6.07, 6.45) is -0.696. The number of ether oxygens (including phenoxy) is 1. The van der Waals surface area contributed by atoms with E-state index >= 15 is 0 Å². The Balaban J connectivity index is 1.67. The van der Waals surface area contributed by atoms with Gasteiger partial charge in [0.15, 0.2) is 0 Å². The smallest absolute Gasteiger partial charge is 0.0888 e. The number of hydrogen-bond donors (Lipinski definition) is 1. The van der Waals surface area contributed by atoms with Gasteiger partial charge >= 0.3 is 0 Å². The molecule has 2 rings (SSSR count). The number of aliphatic hydroxyl groups excluding tert-OH is 1. The van der Waals surface area contributed by atoms with Crippen LogP contribution in [0.15, 0.2) is 60.7 Å². The average molecular weight is 304 g/mol. The van der Waals surface area contributed by atoms with Crippen LogP contribution in [-0.4, -0.2) is 27.8 Å². The predicted octanol–water partition coefficient (Wildman–Crippen LogP) is 2.51. The summed E-state index contributed by atoms with van der Waals surface area (Å²) in [6.45, 7) is 0.665. The molecule has 0 spiro atoms. The first-order chi connectivity index (χ1) is 10.2. The van der Waals surface area contributed by atoms with E-state index in [-0.39, 0.29) is 12.4 Å². The first-order valence-corrected chi connectivity index (χ1v) is 8.41. The number of rotatable bonds is 8.